The fraction of sp³-hybridized carbons (Fsp3) is 0.357. The molecule has 0 saturated carbocycles. The predicted molar refractivity (Wildman–Crippen MR) is 144 cm³/mol. The van der Waals surface area contributed by atoms with Crippen molar-refractivity contribution in [2.24, 2.45) is 5.73 Å². The van der Waals surface area contributed by atoms with Crippen LogP contribution in [0.2, 0.25) is 0 Å². The zero-order valence-corrected chi connectivity index (χ0v) is 22.2. The number of hydrogen-bond donors (Lipinski definition) is 2. The SMILES string of the molecule is C=CC(CCCCCC)c1ccc(-c2ccccc2S(=O)(=O)Nc2onc(C)c2C)c(C(N)=O)c1C. The van der Waals surface area contributed by atoms with Gasteiger partial charge in [-0.15, -0.1) is 6.58 Å². The van der Waals surface area contributed by atoms with Gasteiger partial charge in [0, 0.05) is 17.0 Å². The number of sulfonamides is 1. The Bertz CT molecular complexity index is 1360. The number of carbonyl (C=O) groups is 1. The van der Waals surface area contributed by atoms with E-state index >= 15 is 0 Å². The number of carbonyl (C=O) groups excluding carboxylic acids is 1. The molecule has 3 rings (SSSR count). The molecule has 1 unspecified atom stereocenters. The van der Waals surface area contributed by atoms with E-state index in [1.165, 1.54) is 12.5 Å². The molecule has 1 atom stereocenters. The highest BCUT2D eigenvalue weighted by atomic mass is 32.2. The van der Waals surface area contributed by atoms with E-state index in [-0.39, 0.29) is 16.7 Å². The van der Waals surface area contributed by atoms with Crippen molar-refractivity contribution in [3.63, 3.8) is 0 Å². The van der Waals surface area contributed by atoms with Crippen LogP contribution in [0.25, 0.3) is 11.1 Å². The molecule has 0 fully saturated rings. The Kier molecular flexibility index (Phi) is 8.74. The molecule has 3 aromatic rings. The van der Waals surface area contributed by atoms with E-state index in [9.17, 15) is 13.2 Å². The maximum Gasteiger partial charge on any atom is 0.264 e. The molecule has 1 heterocycles. The molecule has 7 nitrogen and oxygen atoms in total. The zero-order chi connectivity index (χ0) is 26.5. The molecule has 0 aliphatic carbocycles. The van der Waals surface area contributed by atoms with Crippen molar-refractivity contribution >= 4 is 21.8 Å². The van der Waals surface area contributed by atoms with E-state index in [4.69, 9.17) is 10.3 Å². The predicted octanol–water partition coefficient (Wildman–Crippen LogP) is 6.41. The highest BCUT2D eigenvalue weighted by molar-refractivity contribution is 7.92. The normalized spacial score (nSPS) is 12.3. The van der Waals surface area contributed by atoms with Crippen LogP contribution in [0.15, 0.2) is 58.5 Å². The van der Waals surface area contributed by atoms with Crippen LogP contribution in [0.1, 0.15) is 77.7 Å². The Hall–Kier alpha value is -3.39. The van der Waals surface area contributed by atoms with Crippen molar-refractivity contribution in [3.8, 4) is 11.1 Å². The molecule has 3 N–H and O–H groups in total. The van der Waals surface area contributed by atoms with Gasteiger partial charge in [-0.3, -0.25) is 4.79 Å². The summed E-state index contributed by atoms with van der Waals surface area (Å²) in [4.78, 5) is 12.7. The quantitative estimate of drug-likeness (QED) is 0.216. The Morgan fingerprint density at radius 3 is 2.42 bits per heavy atom. The summed E-state index contributed by atoms with van der Waals surface area (Å²) in [5, 5.41) is 3.82. The number of aryl methyl sites for hydroxylation is 1. The van der Waals surface area contributed by atoms with Crippen molar-refractivity contribution in [2.75, 3.05) is 4.72 Å². The number of allylic oxidation sites excluding steroid dienone is 1. The molecular formula is C28H35N3O4S. The number of nitrogens with zero attached hydrogens (tertiary/aromatic N) is 1. The van der Waals surface area contributed by atoms with Crippen molar-refractivity contribution in [1.82, 2.24) is 5.16 Å². The van der Waals surface area contributed by atoms with Crippen molar-refractivity contribution in [3.05, 3.63) is 77.0 Å². The monoisotopic (exact) mass is 509 g/mol. The van der Waals surface area contributed by atoms with E-state index in [1.807, 2.05) is 19.1 Å². The first-order chi connectivity index (χ1) is 17.1. The molecule has 2 aromatic carbocycles. The van der Waals surface area contributed by atoms with Gasteiger partial charge in [0.25, 0.3) is 10.0 Å². The molecule has 0 bridgehead atoms. The third-order valence-electron chi connectivity index (χ3n) is 6.66. The van der Waals surface area contributed by atoms with Gasteiger partial charge in [0.2, 0.25) is 11.8 Å². The minimum Gasteiger partial charge on any atom is -0.366 e. The first-order valence-electron chi connectivity index (χ1n) is 12.2. The van der Waals surface area contributed by atoms with Gasteiger partial charge in [0.05, 0.1) is 16.2 Å². The summed E-state index contributed by atoms with van der Waals surface area (Å²) < 4.78 is 34.4. The van der Waals surface area contributed by atoms with Crippen LogP contribution < -0.4 is 10.5 Å². The van der Waals surface area contributed by atoms with Gasteiger partial charge in [-0.05, 0) is 49.9 Å². The van der Waals surface area contributed by atoms with E-state index in [2.05, 4.69) is 23.4 Å². The van der Waals surface area contributed by atoms with E-state index in [0.29, 0.717) is 27.9 Å². The van der Waals surface area contributed by atoms with Crippen LogP contribution in [0, 0.1) is 20.8 Å². The standard InChI is InChI=1S/C28H35N3O4S/c1-6-8-9-10-13-21(7-2)22-16-17-24(26(19(22)4)27(29)32)23-14-11-12-15-25(23)36(33,34)31-28-18(3)20(5)30-35-28/h7,11-12,14-17,21,31H,2,6,8-10,13H2,1,3-5H3,(H2,29,32). The average Bonchev–Trinajstić information content (AvgIpc) is 3.15. The minimum absolute atomic E-state index is 0.00735. The van der Waals surface area contributed by atoms with Gasteiger partial charge in [0.15, 0.2) is 0 Å². The third kappa shape index (κ3) is 5.70. The van der Waals surface area contributed by atoms with Gasteiger partial charge >= 0.3 is 0 Å². The highest BCUT2D eigenvalue weighted by Crippen LogP contribution is 2.37. The molecular weight excluding hydrogens is 474 g/mol. The third-order valence-corrected chi connectivity index (χ3v) is 8.05. The summed E-state index contributed by atoms with van der Waals surface area (Å²) in [6, 6.07) is 10.2. The van der Waals surface area contributed by atoms with Crippen LogP contribution in [0.5, 0.6) is 0 Å². The summed E-state index contributed by atoms with van der Waals surface area (Å²) in [5.41, 5.74) is 9.91. The van der Waals surface area contributed by atoms with Crippen molar-refractivity contribution in [2.45, 2.75) is 70.6 Å². The number of nitrogens with one attached hydrogen (secondary N) is 1. The second-order valence-corrected chi connectivity index (χ2v) is 10.7. The molecule has 1 aromatic heterocycles. The van der Waals surface area contributed by atoms with E-state index < -0.39 is 15.9 Å². The number of primary amides is 1. The van der Waals surface area contributed by atoms with Gasteiger partial charge < -0.3 is 10.3 Å². The van der Waals surface area contributed by atoms with Gasteiger partial charge in [-0.25, -0.2) is 13.1 Å². The molecule has 0 aliphatic rings. The Morgan fingerprint density at radius 2 is 1.81 bits per heavy atom. The molecule has 1 amide bonds. The lowest BCUT2D eigenvalue weighted by Gasteiger charge is -2.21. The first kappa shape index (κ1) is 27.2. The minimum atomic E-state index is -4.06. The summed E-state index contributed by atoms with van der Waals surface area (Å²) in [6.07, 6.45) is 7.37. The van der Waals surface area contributed by atoms with Gasteiger partial charge in [-0.1, -0.05) is 74.2 Å². The van der Waals surface area contributed by atoms with E-state index in [1.54, 1.807) is 38.1 Å². The molecule has 0 aliphatic heterocycles. The van der Waals surface area contributed by atoms with Crippen LogP contribution in [-0.4, -0.2) is 19.5 Å². The molecule has 192 valence electrons. The number of rotatable bonds is 12. The number of unbranched alkanes of at least 4 members (excludes halogenated alkanes) is 3. The average molecular weight is 510 g/mol. The topological polar surface area (TPSA) is 115 Å². The van der Waals surface area contributed by atoms with Crippen LogP contribution in [-0.2, 0) is 10.0 Å². The van der Waals surface area contributed by atoms with Crippen LogP contribution in [0.3, 0.4) is 0 Å². The number of aromatic nitrogens is 1. The number of nitrogens with two attached hydrogens (primary N) is 1. The Balaban J connectivity index is 2.08. The van der Waals surface area contributed by atoms with Crippen molar-refractivity contribution < 1.29 is 17.7 Å². The van der Waals surface area contributed by atoms with Crippen LogP contribution >= 0.6 is 0 Å². The summed E-state index contributed by atoms with van der Waals surface area (Å²) in [7, 11) is -4.06. The lowest BCUT2D eigenvalue weighted by Crippen LogP contribution is -2.18. The smallest absolute Gasteiger partial charge is 0.264 e. The zero-order valence-electron chi connectivity index (χ0n) is 21.4. The molecule has 0 radical (unpaired) electrons. The molecule has 0 spiro atoms. The number of hydrogen-bond acceptors (Lipinski definition) is 5. The first-order valence-corrected chi connectivity index (χ1v) is 13.7. The van der Waals surface area contributed by atoms with E-state index in [0.717, 1.165) is 36.8 Å². The number of amides is 1. The largest absolute Gasteiger partial charge is 0.366 e. The summed E-state index contributed by atoms with van der Waals surface area (Å²) >= 11 is 0. The fourth-order valence-electron chi connectivity index (χ4n) is 4.47. The lowest BCUT2D eigenvalue weighted by atomic mass is 9.85. The fourth-order valence-corrected chi connectivity index (χ4v) is 5.74. The van der Waals surface area contributed by atoms with Gasteiger partial charge in [0.1, 0.15) is 0 Å². The molecule has 0 saturated heterocycles. The Labute approximate surface area is 213 Å². The maximum atomic E-state index is 13.4. The molecule has 36 heavy (non-hydrogen) atoms. The summed E-state index contributed by atoms with van der Waals surface area (Å²) in [6.45, 7) is 11.5. The van der Waals surface area contributed by atoms with Crippen molar-refractivity contribution in [1.29, 1.82) is 0 Å². The molecule has 8 heteroatoms. The maximum absolute atomic E-state index is 13.4. The highest BCUT2D eigenvalue weighted by Gasteiger charge is 2.26. The summed E-state index contributed by atoms with van der Waals surface area (Å²) in [5.74, 6) is -0.479. The number of benzene rings is 2. The van der Waals surface area contributed by atoms with Gasteiger partial charge in [-0.2, -0.15) is 0 Å². The Morgan fingerprint density at radius 1 is 1.08 bits per heavy atom. The van der Waals surface area contributed by atoms with Crippen LogP contribution in [0.4, 0.5) is 5.88 Å². The lowest BCUT2D eigenvalue weighted by molar-refractivity contribution is 0.1000. The second kappa shape index (κ2) is 11.6. The second-order valence-electron chi connectivity index (χ2n) is 9.08. The number of anilines is 1.